The van der Waals surface area contributed by atoms with Gasteiger partial charge >= 0.3 is 0 Å². The highest BCUT2D eigenvalue weighted by atomic mass is 15.1. The van der Waals surface area contributed by atoms with Crippen LogP contribution in [0.3, 0.4) is 0 Å². The number of nitrogens with zero attached hydrogens (tertiary/aromatic N) is 1. The molecule has 0 bridgehead atoms. The van der Waals surface area contributed by atoms with Crippen LogP contribution in [0.15, 0.2) is 23.4 Å². The lowest BCUT2D eigenvalue weighted by atomic mass is 9.91. The first-order valence-electron chi connectivity index (χ1n) is 5.68. The van der Waals surface area contributed by atoms with Gasteiger partial charge in [-0.15, -0.1) is 0 Å². The van der Waals surface area contributed by atoms with Gasteiger partial charge in [-0.2, -0.15) is 0 Å². The third kappa shape index (κ3) is 3.57. The zero-order valence-corrected chi connectivity index (χ0v) is 10.5. The lowest BCUT2D eigenvalue weighted by molar-refractivity contribution is 0.507. The molecule has 0 saturated heterocycles. The van der Waals surface area contributed by atoms with Crippen molar-refractivity contribution in [3.05, 3.63) is 23.4 Å². The summed E-state index contributed by atoms with van der Waals surface area (Å²) in [7, 11) is 4.13. The highest BCUT2D eigenvalue weighted by Crippen LogP contribution is 2.29. The second kappa shape index (κ2) is 6.69. The Balaban J connectivity index is 0.000000791. The molecule has 0 N–H and O–H groups in total. The van der Waals surface area contributed by atoms with E-state index in [0.29, 0.717) is 0 Å². The van der Waals surface area contributed by atoms with Crippen molar-refractivity contribution in [2.45, 2.75) is 46.5 Å². The SMILES string of the molecule is C=C(C1=C(C)CCCC1)N(C)C.CC. The van der Waals surface area contributed by atoms with E-state index < -0.39 is 0 Å². The average Bonchev–Trinajstić information content (AvgIpc) is 2.20. The Morgan fingerprint density at radius 1 is 1.14 bits per heavy atom. The summed E-state index contributed by atoms with van der Waals surface area (Å²) in [4.78, 5) is 2.12. The molecule has 0 saturated carbocycles. The molecule has 0 radical (unpaired) electrons. The fraction of sp³-hybridized carbons (Fsp3) is 0.692. The predicted octanol–water partition coefficient (Wildman–Crippen LogP) is 3.98. The molecule has 0 aromatic carbocycles. The number of hydrogen-bond acceptors (Lipinski definition) is 1. The number of allylic oxidation sites excluding steroid dienone is 2. The van der Waals surface area contributed by atoms with E-state index in [4.69, 9.17) is 0 Å². The topological polar surface area (TPSA) is 3.24 Å². The quantitative estimate of drug-likeness (QED) is 0.644. The molecule has 0 fully saturated rings. The minimum Gasteiger partial charge on any atom is -0.378 e. The van der Waals surface area contributed by atoms with Gasteiger partial charge < -0.3 is 4.90 Å². The van der Waals surface area contributed by atoms with Crippen molar-refractivity contribution in [1.29, 1.82) is 0 Å². The molecule has 0 aliphatic heterocycles. The monoisotopic (exact) mass is 195 g/mol. The molecule has 0 spiro atoms. The normalized spacial score (nSPS) is 15.8. The molecule has 1 aliphatic rings. The summed E-state index contributed by atoms with van der Waals surface area (Å²) in [6, 6.07) is 0. The van der Waals surface area contributed by atoms with Gasteiger partial charge in [-0.1, -0.05) is 26.0 Å². The van der Waals surface area contributed by atoms with Crippen LogP contribution in [-0.4, -0.2) is 19.0 Å². The molecule has 1 heteroatoms. The molecule has 82 valence electrons. The molecule has 1 rings (SSSR count). The summed E-state index contributed by atoms with van der Waals surface area (Å²) < 4.78 is 0. The summed E-state index contributed by atoms with van der Waals surface area (Å²) in [5, 5.41) is 0. The Labute approximate surface area is 89.5 Å². The van der Waals surface area contributed by atoms with Gasteiger partial charge in [-0.25, -0.2) is 0 Å². The molecular weight excluding hydrogens is 170 g/mol. The van der Waals surface area contributed by atoms with E-state index in [9.17, 15) is 0 Å². The van der Waals surface area contributed by atoms with Crippen molar-refractivity contribution < 1.29 is 0 Å². The summed E-state index contributed by atoms with van der Waals surface area (Å²) in [6.07, 6.45) is 5.18. The Morgan fingerprint density at radius 3 is 2.07 bits per heavy atom. The van der Waals surface area contributed by atoms with Gasteiger partial charge in [0.1, 0.15) is 0 Å². The summed E-state index contributed by atoms with van der Waals surface area (Å²) >= 11 is 0. The van der Waals surface area contributed by atoms with Crippen LogP contribution in [0.25, 0.3) is 0 Å². The van der Waals surface area contributed by atoms with Crippen LogP contribution < -0.4 is 0 Å². The largest absolute Gasteiger partial charge is 0.378 e. The van der Waals surface area contributed by atoms with E-state index in [1.54, 1.807) is 5.57 Å². The number of likely N-dealkylation sites (N-methyl/N-ethyl adjacent to an activating group) is 1. The molecule has 14 heavy (non-hydrogen) atoms. The first-order valence-corrected chi connectivity index (χ1v) is 5.68. The van der Waals surface area contributed by atoms with Crippen molar-refractivity contribution in [2.75, 3.05) is 14.1 Å². The fourth-order valence-electron chi connectivity index (χ4n) is 1.72. The van der Waals surface area contributed by atoms with Crippen molar-refractivity contribution in [3.63, 3.8) is 0 Å². The lowest BCUT2D eigenvalue weighted by Gasteiger charge is -2.24. The van der Waals surface area contributed by atoms with Gasteiger partial charge in [-0.05, 0) is 38.2 Å². The van der Waals surface area contributed by atoms with Crippen LogP contribution >= 0.6 is 0 Å². The van der Waals surface area contributed by atoms with Gasteiger partial charge in [0.2, 0.25) is 0 Å². The van der Waals surface area contributed by atoms with E-state index >= 15 is 0 Å². The zero-order chi connectivity index (χ0) is 11.1. The van der Waals surface area contributed by atoms with E-state index in [1.807, 2.05) is 13.8 Å². The maximum atomic E-state index is 4.10. The fourth-order valence-corrected chi connectivity index (χ4v) is 1.72. The Morgan fingerprint density at radius 2 is 1.64 bits per heavy atom. The van der Waals surface area contributed by atoms with Crippen LogP contribution in [0.5, 0.6) is 0 Å². The molecule has 1 nitrogen and oxygen atoms in total. The Bertz CT molecular complexity index is 211. The van der Waals surface area contributed by atoms with E-state index in [1.165, 1.54) is 37.0 Å². The number of rotatable bonds is 2. The standard InChI is InChI=1S/C11H19N.C2H6/c1-9-7-5-6-8-11(9)10(2)12(3)4;1-2/h2,5-8H2,1,3-4H3;1-2H3. The van der Waals surface area contributed by atoms with Gasteiger partial charge in [0.05, 0.1) is 0 Å². The first kappa shape index (κ1) is 13.3. The molecule has 0 amide bonds. The van der Waals surface area contributed by atoms with Crippen molar-refractivity contribution in [3.8, 4) is 0 Å². The zero-order valence-electron chi connectivity index (χ0n) is 10.5. The van der Waals surface area contributed by atoms with Gasteiger partial charge in [0.15, 0.2) is 0 Å². The second-order valence-electron chi connectivity index (χ2n) is 3.81. The highest BCUT2D eigenvalue weighted by molar-refractivity contribution is 5.32. The Hall–Kier alpha value is -0.720. The average molecular weight is 195 g/mol. The second-order valence-corrected chi connectivity index (χ2v) is 3.81. The number of hydrogen-bond donors (Lipinski definition) is 0. The van der Waals surface area contributed by atoms with Crippen LogP contribution in [0.2, 0.25) is 0 Å². The van der Waals surface area contributed by atoms with E-state index in [0.717, 1.165) is 0 Å². The van der Waals surface area contributed by atoms with E-state index in [2.05, 4.69) is 32.5 Å². The summed E-state index contributed by atoms with van der Waals surface area (Å²) in [6.45, 7) is 10.3. The van der Waals surface area contributed by atoms with Gasteiger partial charge in [0, 0.05) is 19.8 Å². The molecule has 0 atom stereocenters. The van der Waals surface area contributed by atoms with Gasteiger partial charge in [-0.3, -0.25) is 0 Å². The van der Waals surface area contributed by atoms with Crippen molar-refractivity contribution in [2.24, 2.45) is 0 Å². The van der Waals surface area contributed by atoms with Crippen LogP contribution in [0.1, 0.15) is 46.5 Å². The van der Waals surface area contributed by atoms with Crippen molar-refractivity contribution in [1.82, 2.24) is 4.90 Å². The third-order valence-electron chi connectivity index (χ3n) is 2.63. The molecule has 0 unspecified atom stereocenters. The lowest BCUT2D eigenvalue weighted by Crippen LogP contribution is -2.14. The van der Waals surface area contributed by atoms with Crippen molar-refractivity contribution >= 4 is 0 Å². The molecule has 0 aromatic rings. The molecule has 1 aliphatic carbocycles. The summed E-state index contributed by atoms with van der Waals surface area (Å²) in [5.74, 6) is 0. The van der Waals surface area contributed by atoms with Crippen LogP contribution in [0, 0.1) is 0 Å². The first-order chi connectivity index (χ1) is 6.63. The minimum atomic E-state index is 1.20. The third-order valence-corrected chi connectivity index (χ3v) is 2.63. The molecule has 0 heterocycles. The predicted molar refractivity (Wildman–Crippen MR) is 65.3 cm³/mol. The van der Waals surface area contributed by atoms with Crippen LogP contribution in [-0.2, 0) is 0 Å². The maximum absolute atomic E-state index is 4.10. The summed E-state index contributed by atoms with van der Waals surface area (Å²) in [5.41, 5.74) is 4.23. The minimum absolute atomic E-state index is 1.20. The Kier molecular flexibility index (Phi) is 6.35. The molecular formula is C13H25N. The molecule has 0 aromatic heterocycles. The smallest absolute Gasteiger partial charge is 0.0319 e. The maximum Gasteiger partial charge on any atom is 0.0319 e. The highest BCUT2D eigenvalue weighted by Gasteiger charge is 2.12. The van der Waals surface area contributed by atoms with Crippen LogP contribution in [0.4, 0.5) is 0 Å². The van der Waals surface area contributed by atoms with Gasteiger partial charge in [0.25, 0.3) is 0 Å². The van der Waals surface area contributed by atoms with E-state index in [-0.39, 0.29) is 0 Å².